The molecule has 1 N–H and O–H groups in total. The molecule has 3 unspecified atom stereocenters. The number of aryl methyl sites for hydroxylation is 1. The highest BCUT2D eigenvalue weighted by Crippen LogP contribution is 2.43. The third-order valence-corrected chi connectivity index (χ3v) is 5.60. The fourth-order valence-electron chi connectivity index (χ4n) is 4.43. The second kappa shape index (κ2) is 6.13. The largest absolute Gasteiger partial charge is 0.416 e. The number of rotatable bonds is 2. The van der Waals surface area contributed by atoms with E-state index in [9.17, 15) is 17.6 Å². The number of alkyl halides is 3. The lowest BCUT2D eigenvalue weighted by Gasteiger charge is -2.31. The molecule has 1 nitrogen and oxygen atoms in total. The molecule has 0 saturated carbocycles. The number of benzene rings is 2. The first kappa shape index (κ1) is 16.6. The Hall–Kier alpha value is -1.88. The number of fused-ring (bicyclic) bond motifs is 3. The van der Waals surface area contributed by atoms with Crippen LogP contribution in [0.25, 0.3) is 0 Å². The zero-order chi connectivity index (χ0) is 17.6. The predicted molar refractivity (Wildman–Crippen MR) is 87.9 cm³/mol. The molecule has 0 radical (unpaired) electrons. The number of hydrogen-bond acceptors (Lipinski definition) is 1. The van der Waals surface area contributed by atoms with E-state index in [1.54, 1.807) is 18.2 Å². The summed E-state index contributed by atoms with van der Waals surface area (Å²) in [5.74, 6) is 0.387. The van der Waals surface area contributed by atoms with Crippen molar-refractivity contribution in [2.75, 3.05) is 6.54 Å². The van der Waals surface area contributed by atoms with Crippen molar-refractivity contribution in [3.05, 3.63) is 70.5 Å². The van der Waals surface area contributed by atoms with E-state index in [1.165, 1.54) is 18.2 Å². The molecule has 1 fully saturated rings. The maximum Gasteiger partial charge on any atom is 0.416 e. The summed E-state index contributed by atoms with van der Waals surface area (Å²) >= 11 is 0. The van der Waals surface area contributed by atoms with Gasteiger partial charge in [0.1, 0.15) is 5.82 Å². The minimum Gasteiger partial charge on any atom is -0.313 e. The molecule has 25 heavy (non-hydrogen) atoms. The highest BCUT2D eigenvalue weighted by atomic mass is 19.4. The van der Waals surface area contributed by atoms with Gasteiger partial charge in [-0.15, -0.1) is 0 Å². The molecule has 0 amide bonds. The fraction of sp³-hybridized carbons (Fsp3) is 0.400. The average Bonchev–Trinajstić information content (AvgIpc) is 2.97. The first-order chi connectivity index (χ1) is 11.9. The third kappa shape index (κ3) is 3.17. The summed E-state index contributed by atoms with van der Waals surface area (Å²) in [7, 11) is 0. The maximum atomic E-state index is 13.4. The van der Waals surface area contributed by atoms with E-state index in [2.05, 4.69) is 5.32 Å². The SMILES string of the molecule is Fc1cccc(CC2NCC3c4ccc(C(F)(F)F)cc4CCC23)c1. The van der Waals surface area contributed by atoms with Crippen LogP contribution >= 0.6 is 0 Å². The first-order valence-electron chi connectivity index (χ1n) is 8.59. The van der Waals surface area contributed by atoms with Gasteiger partial charge in [-0.1, -0.05) is 18.2 Å². The Morgan fingerprint density at radius 2 is 1.92 bits per heavy atom. The number of nitrogens with one attached hydrogen (secondary N) is 1. The Bertz CT molecular complexity index is 784. The van der Waals surface area contributed by atoms with Crippen molar-refractivity contribution in [1.29, 1.82) is 0 Å². The lowest BCUT2D eigenvalue weighted by molar-refractivity contribution is -0.137. The summed E-state index contributed by atoms with van der Waals surface area (Å²) in [4.78, 5) is 0. The van der Waals surface area contributed by atoms with Gasteiger partial charge in [0.05, 0.1) is 5.56 Å². The van der Waals surface area contributed by atoms with Crippen LogP contribution in [0.5, 0.6) is 0 Å². The van der Waals surface area contributed by atoms with Gasteiger partial charge in [-0.3, -0.25) is 0 Å². The summed E-state index contributed by atoms with van der Waals surface area (Å²) < 4.78 is 52.2. The van der Waals surface area contributed by atoms with E-state index in [0.717, 1.165) is 36.1 Å². The molecule has 2 aliphatic rings. The summed E-state index contributed by atoms with van der Waals surface area (Å²) in [5.41, 5.74) is 2.26. The van der Waals surface area contributed by atoms with Gasteiger partial charge in [0.15, 0.2) is 0 Å². The second-order valence-electron chi connectivity index (χ2n) is 7.07. The zero-order valence-electron chi connectivity index (χ0n) is 13.6. The van der Waals surface area contributed by atoms with Gasteiger partial charge in [0, 0.05) is 18.5 Å². The zero-order valence-corrected chi connectivity index (χ0v) is 13.6. The monoisotopic (exact) mass is 349 g/mol. The normalized spacial score (nSPS) is 25.5. The fourth-order valence-corrected chi connectivity index (χ4v) is 4.43. The van der Waals surface area contributed by atoms with Gasteiger partial charge >= 0.3 is 6.18 Å². The Morgan fingerprint density at radius 1 is 1.08 bits per heavy atom. The van der Waals surface area contributed by atoms with Crippen molar-refractivity contribution in [3.8, 4) is 0 Å². The van der Waals surface area contributed by atoms with Crippen molar-refractivity contribution in [3.63, 3.8) is 0 Å². The second-order valence-corrected chi connectivity index (χ2v) is 7.07. The molecule has 0 spiro atoms. The smallest absolute Gasteiger partial charge is 0.313 e. The van der Waals surface area contributed by atoms with Crippen LogP contribution in [0.1, 0.15) is 34.6 Å². The molecule has 0 bridgehead atoms. The standard InChI is InChI=1S/C20H19F4N/c21-15-3-1-2-12(8-15)9-19-17-6-4-13-10-14(20(22,23)24)5-7-16(13)18(17)11-25-19/h1-3,5,7-8,10,17-19,25H,4,6,9,11H2. The molecule has 0 aromatic heterocycles. The van der Waals surface area contributed by atoms with Crippen LogP contribution in [0.3, 0.4) is 0 Å². The van der Waals surface area contributed by atoms with Gasteiger partial charge < -0.3 is 5.32 Å². The Balaban J connectivity index is 1.55. The topological polar surface area (TPSA) is 12.0 Å². The molecular formula is C20H19F4N. The molecule has 1 saturated heterocycles. The van der Waals surface area contributed by atoms with E-state index >= 15 is 0 Å². The van der Waals surface area contributed by atoms with Crippen molar-refractivity contribution in [2.45, 2.75) is 37.4 Å². The quantitative estimate of drug-likeness (QED) is 0.775. The van der Waals surface area contributed by atoms with Gasteiger partial charge in [-0.05, 0) is 66.1 Å². The van der Waals surface area contributed by atoms with E-state index < -0.39 is 11.7 Å². The lowest BCUT2D eigenvalue weighted by atomic mass is 9.73. The van der Waals surface area contributed by atoms with Gasteiger partial charge in [-0.2, -0.15) is 13.2 Å². The molecule has 1 heterocycles. The van der Waals surface area contributed by atoms with Crippen LogP contribution in [0.4, 0.5) is 17.6 Å². The van der Waals surface area contributed by atoms with Crippen LogP contribution in [0.2, 0.25) is 0 Å². The molecule has 1 aliphatic heterocycles. The summed E-state index contributed by atoms with van der Waals surface area (Å²) in [6.45, 7) is 0.767. The number of halogens is 4. The third-order valence-electron chi connectivity index (χ3n) is 5.60. The van der Waals surface area contributed by atoms with Crippen LogP contribution in [0, 0.1) is 11.7 Å². The van der Waals surface area contributed by atoms with Crippen LogP contribution in [-0.4, -0.2) is 12.6 Å². The highest BCUT2D eigenvalue weighted by molar-refractivity contribution is 5.39. The van der Waals surface area contributed by atoms with E-state index in [4.69, 9.17) is 0 Å². The van der Waals surface area contributed by atoms with Gasteiger partial charge in [0.2, 0.25) is 0 Å². The van der Waals surface area contributed by atoms with Crippen molar-refractivity contribution in [2.24, 2.45) is 5.92 Å². The van der Waals surface area contributed by atoms with Crippen molar-refractivity contribution >= 4 is 0 Å². The molecule has 132 valence electrons. The maximum absolute atomic E-state index is 13.4. The first-order valence-corrected chi connectivity index (χ1v) is 8.59. The molecule has 4 rings (SSSR count). The molecule has 1 aliphatic carbocycles. The Kier molecular flexibility index (Phi) is 4.07. The van der Waals surface area contributed by atoms with Crippen molar-refractivity contribution < 1.29 is 17.6 Å². The van der Waals surface area contributed by atoms with Gasteiger partial charge in [0.25, 0.3) is 0 Å². The van der Waals surface area contributed by atoms with Crippen molar-refractivity contribution in [1.82, 2.24) is 5.32 Å². The molecule has 2 aromatic rings. The van der Waals surface area contributed by atoms with Crippen LogP contribution < -0.4 is 5.32 Å². The predicted octanol–water partition coefficient (Wildman–Crippen LogP) is 4.71. The van der Waals surface area contributed by atoms with Crippen LogP contribution in [-0.2, 0) is 19.0 Å². The molecule has 2 aromatic carbocycles. The van der Waals surface area contributed by atoms with Crippen LogP contribution in [0.15, 0.2) is 42.5 Å². The minimum atomic E-state index is -4.29. The number of hydrogen-bond donors (Lipinski definition) is 1. The average molecular weight is 349 g/mol. The molecule has 5 heteroatoms. The van der Waals surface area contributed by atoms with E-state index in [-0.39, 0.29) is 17.8 Å². The summed E-state index contributed by atoms with van der Waals surface area (Å²) in [5, 5.41) is 3.51. The summed E-state index contributed by atoms with van der Waals surface area (Å²) in [6, 6.07) is 11.0. The Morgan fingerprint density at radius 3 is 2.68 bits per heavy atom. The summed E-state index contributed by atoms with van der Waals surface area (Å²) in [6.07, 6.45) is -2.01. The molecule has 3 atom stereocenters. The van der Waals surface area contributed by atoms with E-state index in [1.807, 2.05) is 6.07 Å². The minimum absolute atomic E-state index is 0.235. The van der Waals surface area contributed by atoms with Gasteiger partial charge in [-0.25, -0.2) is 4.39 Å². The highest BCUT2D eigenvalue weighted by Gasteiger charge is 2.40. The molecular weight excluding hydrogens is 330 g/mol. The Labute approximate surface area is 144 Å². The van der Waals surface area contributed by atoms with E-state index in [0.29, 0.717) is 12.3 Å². The lowest BCUT2D eigenvalue weighted by Crippen LogP contribution is -2.31.